The number of primary amides is 1. The minimum Gasteiger partial charge on any atom is -0.465 e. The van der Waals surface area contributed by atoms with Crippen molar-refractivity contribution < 1.29 is 19.1 Å². The van der Waals surface area contributed by atoms with E-state index >= 15 is 0 Å². The monoisotopic (exact) mass is 287 g/mol. The van der Waals surface area contributed by atoms with Gasteiger partial charge in [0, 0.05) is 12.2 Å². The molecule has 1 aromatic rings. The maximum absolute atomic E-state index is 11.6. The summed E-state index contributed by atoms with van der Waals surface area (Å²) in [5.41, 5.74) is 11.3. The minimum absolute atomic E-state index is 0.0383. The van der Waals surface area contributed by atoms with Crippen molar-refractivity contribution in [3.63, 3.8) is 0 Å². The Morgan fingerprint density at radius 2 is 2.11 bits per heavy atom. The van der Waals surface area contributed by atoms with Crippen LogP contribution in [-0.4, -0.2) is 32.3 Å². The van der Waals surface area contributed by atoms with Gasteiger partial charge in [0.05, 0.1) is 23.4 Å². The second-order valence-corrected chi connectivity index (χ2v) is 3.92. The first-order chi connectivity index (χ1) is 8.95. The van der Waals surface area contributed by atoms with Crippen molar-refractivity contribution in [2.45, 2.75) is 0 Å². The number of hydrogen-bond donors (Lipinski definition) is 3. The van der Waals surface area contributed by atoms with Crippen molar-refractivity contribution in [3.05, 3.63) is 22.7 Å². The number of carbonyl (C=O) groups is 2. The Balaban J connectivity index is 2.86. The number of hydrogen-bond acceptors (Lipinski definition) is 6. The average Bonchev–Trinajstić information content (AvgIpc) is 2.34. The van der Waals surface area contributed by atoms with Gasteiger partial charge in [-0.1, -0.05) is 11.6 Å². The van der Waals surface area contributed by atoms with E-state index in [-0.39, 0.29) is 23.7 Å². The van der Waals surface area contributed by atoms with Crippen LogP contribution in [-0.2, 0) is 9.47 Å². The highest BCUT2D eigenvalue weighted by atomic mass is 35.5. The highest BCUT2D eigenvalue weighted by Gasteiger charge is 2.16. The maximum atomic E-state index is 11.6. The summed E-state index contributed by atoms with van der Waals surface area (Å²) in [7, 11) is 1.25. The molecule has 0 saturated carbocycles. The van der Waals surface area contributed by atoms with E-state index in [1.165, 1.54) is 19.2 Å². The number of nitrogens with two attached hydrogens (primary N) is 2. The molecule has 0 aromatic heterocycles. The van der Waals surface area contributed by atoms with Gasteiger partial charge in [0.1, 0.15) is 6.61 Å². The third-order valence-corrected chi connectivity index (χ3v) is 2.46. The van der Waals surface area contributed by atoms with Gasteiger partial charge in [-0.15, -0.1) is 0 Å². The van der Waals surface area contributed by atoms with Crippen molar-refractivity contribution >= 4 is 35.0 Å². The first kappa shape index (κ1) is 14.9. The van der Waals surface area contributed by atoms with E-state index < -0.39 is 12.1 Å². The van der Waals surface area contributed by atoms with Gasteiger partial charge in [0.25, 0.3) is 0 Å². The molecule has 0 saturated heterocycles. The number of anilines is 2. The van der Waals surface area contributed by atoms with Crippen LogP contribution in [0.5, 0.6) is 0 Å². The molecule has 5 N–H and O–H groups in total. The van der Waals surface area contributed by atoms with E-state index in [4.69, 9.17) is 23.1 Å². The van der Waals surface area contributed by atoms with Gasteiger partial charge in [-0.25, -0.2) is 9.59 Å². The quantitative estimate of drug-likeness (QED) is 0.426. The Bertz CT molecular complexity index is 493. The molecule has 0 spiro atoms. The molecule has 0 bridgehead atoms. The van der Waals surface area contributed by atoms with Gasteiger partial charge in [-0.3, -0.25) is 0 Å². The Hall–Kier alpha value is -2.15. The number of benzene rings is 1. The zero-order chi connectivity index (χ0) is 14.4. The van der Waals surface area contributed by atoms with Crippen LogP contribution < -0.4 is 16.8 Å². The molecule has 104 valence electrons. The van der Waals surface area contributed by atoms with Crippen molar-refractivity contribution in [1.29, 1.82) is 0 Å². The van der Waals surface area contributed by atoms with Crippen molar-refractivity contribution in [2.75, 3.05) is 31.3 Å². The van der Waals surface area contributed by atoms with Crippen molar-refractivity contribution in [2.24, 2.45) is 5.73 Å². The molecule has 8 heteroatoms. The molecule has 1 aromatic carbocycles. The van der Waals surface area contributed by atoms with Gasteiger partial charge >= 0.3 is 12.1 Å². The van der Waals surface area contributed by atoms with Crippen LogP contribution in [0, 0.1) is 0 Å². The fraction of sp³-hybridized carbons (Fsp3) is 0.273. The molecule has 1 rings (SSSR count). The second kappa shape index (κ2) is 6.69. The van der Waals surface area contributed by atoms with Crippen LogP contribution >= 0.6 is 11.6 Å². The summed E-state index contributed by atoms with van der Waals surface area (Å²) in [6, 6.07) is 2.93. The first-order valence-corrected chi connectivity index (χ1v) is 5.67. The number of amides is 1. The Labute approximate surface area is 114 Å². The summed E-state index contributed by atoms with van der Waals surface area (Å²) in [5.74, 6) is -0.576. The summed E-state index contributed by atoms with van der Waals surface area (Å²) in [6.45, 7) is 0.271. The predicted octanol–water partition coefficient (Wildman–Crippen LogP) is 1.22. The lowest BCUT2D eigenvalue weighted by Gasteiger charge is -2.13. The third-order valence-electron chi connectivity index (χ3n) is 2.17. The zero-order valence-corrected chi connectivity index (χ0v) is 11.0. The lowest BCUT2D eigenvalue weighted by molar-refractivity contribution is 0.0601. The van der Waals surface area contributed by atoms with Crippen LogP contribution in [0.3, 0.4) is 0 Å². The highest BCUT2D eigenvalue weighted by molar-refractivity contribution is 6.34. The van der Waals surface area contributed by atoms with Gasteiger partial charge in [0.15, 0.2) is 0 Å². The Morgan fingerprint density at radius 3 is 2.68 bits per heavy atom. The highest BCUT2D eigenvalue weighted by Crippen LogP contribution is 2.29. The van der Waals surface area contributed by atoms with Gasteiger partial charge in [0.2, 0.25) is 0 Å². The normalized spacial score (nSPS) is 9.79. The fourth-order valence-corrected chi connectivity index (χ4v) is 1.70. The van der Waals surface area contributed by atoms with E-state index in [0.29, 0.717) is 11.4 Å². The predicted molar refractivity (Wildman–Crippen MR) is 71.2 cm³/mol. The van der Waals surface area contributed by atoms with Crippen LogP contribution in [0.2, 0.25) is 5.02 Å². The number of nitrogen functional groups attached to an aromatic ring is 1. The molecule has 0 heterocycles. The summed E-state index contributed by atoms with van der Waals surface area (Å²) in [6.07, 6.45) is -0.876. The van der Waals surface area contributed by atoms with Crippen LogP contribution in [0.1, 0.15) is 10.4 Å². The smallest absolute Gasteiger partial charge is 0.404 e. The first-order valence-electron chi connectivity index (χ1n) is 5.29. The zero-order valence-electron chi connectivity index (χ0n) is 10.2. The molecular weight excluding hydrogens is 274 g/mol. The number of carbonyl (C=O) groups excluding carboxylic acids is 2. The second-order valence-electron chi connectivity index (χ2n) is 3.51. The third kappa shape index (κ3) is 4.22. The van der Waals surface area contributed by atoms with E-state index in [1.807, 2.05) is 0 Å². The molecular formula is C11H14ClN3O4. The van der Waals surface area contributed by atoms with Gasteiger partial charge < -0.3 is 26.3 Å². The summed E-state index contributed by atoms with van der Waals surface area (Å²) < 4.78 is 9.18. The molecule has 7 nitrogen and oxygen atoms in total. The molecule has 19 heavy (non-hydrogen) atoms. The van der Waals surface area contributed by atoms with Crippen LogP contribution in [0.4, 0.5) is 16.2 Å². The number of rotatable bonds is 5. The van der Waals surface area contributed by atoms with Crippen LogP contribution in [0.15, 0.2) is 12.1 Å². The summed E-state index contributed by atoms with van der Waals surface area (Å²) >= 11 is 5.99. The molecule has 0 aliphatic carbocycles. The lowest BCUT2D eigenvalue weighted by atomic mass is 10.1. The van der Waals surface area contributed by atoms with E-state index in [0.717, 1.165) is 0 Å². The van der Waals surface area contributed by atoms with Crippen molar-refractivity contribution in [3.8, 4) is 0 Å². The Morgan fingerprint density at radius 1 is 1.42 bits per heavy atom. The van der Waals surface area contributed by atoms with Gasteiger partial charge in [-0.2, -0.15) is 0 Å². The number of ether oxygens (including phenoxy) is 2. The molecule has 0 unspecified atom stereocenters. The van der Waals surface area contributed by atoms with E-state index in [9.17, 15) is 9.59 Å². The van der Waals surface area contributed by atoms with Crippen LogP contribution in [0.25, 0.3) is 0 Å². The summed E-state index contributed by atoms with van der Waals surface area (Å²) in [5, 5.41) is 3.12. The Kier molecular flexibility index (Phi) is 5.25. The maximum Gasteiger partial charge on any atom is 0.404 e. The number of nitrogens with one attached hydrogen (secondary N) is 1. The molecule has 0 aliphatic rings. The van der Waals surface area contributed by atoms with Gasteiger partial charge in [-0.05, 0) is 12.1 Å². The minimum atomic E-state index is -0.876. The standard InChI is InChI=1S/C11H14ClN3O4/c1-18-10(16)7-4-6(13)5-8(12)9(7)15-2-3-19-11(14)17/h4-5,15H,2-3,13H2,1H3,(H2,14,17). The molecule has 0 radical (unpaired) electrons. The number of esters is 1. The molecule has 0 atom stereocenters. The summed E-state index contributed by atoms with van der Waals surface area (Å²) in [4.78, 5) is 22.0. The SMILES string of the molecule is COC(=O)c1cc(N)cc(Cl)c1NCCOC(N)=O. The lowest BCUT2D eigenvalue weighted by Crippen LogP contribution is -2.19. The largest absolute Gasteiger partial charge is 0.465 e. The number of halogens is 1. The molecule has 0 aliphatic heterocycles. The molecule has 0 fully saturated rings. The average molecular weight is 288 g/mol. The molecule has 1 amide bonds. The van der Waals surface area contributed by atoms with E-state index in [2.05, 4.69) is 14.8 Å². The number of methoxy groups -OCH3 is 1. The fourth-order valence-electron chi connectivity index (χ4n) is 1.41. The van der Waals surface area contributed by atoms with Crippen molar-refractivity contribution in [1.82, 2.24) is 0 Å². The van der Waals surface area contributed by atoms with E-state index in [1.54, 1.807) is 0 Å². The topological polar surface area (TPSA) is 117 Å².